The highest BCUT2D eigenvalue weighted by Crippen LogP contribution is 2.39. The molecule has 0 saturated carbocycles. The van der Waals surface area contributed by atoms with Crippen molar-refractivity contribution in [2.45, 2.75) is 4.90 Å². The molecule has 0 aromatic heterocycles. The molecule has 24 heavy (non-hydrogen) atoms. The fraction of sp³-hybridized carbons (Fsp3) is 0.235. The lowest BCUT2D eigenvalue weighted by Crippen LogP contribution is -2.19. The summed E-state index contributed by atoms with van der Waals surface area (Å²) in [4.78, 5) is 13.3. The summed E-state index contributed by atoms with van der Waals surface area (Å²) in [5.41, 5.74) is 1.24. The fourth-order valence-electron chi connectivity index (χ4n) is 2.12. The largest absolute Gasteiger partial charge is 0.493 e. The van der Waals surface area contributed by atoms with Crippen LogP contribution < -0.4 is 24.8 Å². The SMILES string of the molecule is COc1cc(NC(=O)Nc2ccc(SC)cc2)cc(OC)c1OC. The van der Waals surface area contributed by atoms with E-state index in [1.54, 1.807) is 23.9 Å². The van der Waals surface area contributed by atoms with E-state index in [1.165, 1.54) is 21.3 Å². The molecule has 0 heterocycles. The Hall–Kier alpha value is -2.54. The molecular formula is C17H20N2O4S. The number of ether oxygens (including phenoxy) is 3. The summed E-state index contributed by atoms with van der Waals surface area (Å²) < 4.78 is 15.8. The van der Waals surface area contributed by atoms with Gasteiger partial charge in [-0.1, -0.05) is 0 Å². The zero-order valence-corrected chi connectivity index (χ0v) is 14.8. The number of carbonyl (C=O) groups is 1. The molecule has 0 aliphatic rings. The second-order valence-electron chi connectivity index (χ2n) is 4.72. The molecule has 2 rings (SSSR count). The van der Waals surface area contributed by atoms with Gasteiger partial charge in [-0.05, 0) is 30.5 Å². The van der Waals surface area contributed by atoms with E-state index in [2.05, 4.69) is 10.6 Å². The zero-order valence-electron chi connectivity index (χ0n) is 14.0. The number of carbonyl (C=O) groups excluding carboxylic acids is 1. The number of hydrogen-bond donors (Lipinski definition) is 2. The predicted molar refractivity (Wildman–Crippen MR) is 97.0 cm³/mol. The number of benzene rings is 2. The lowest BCUT2D eigenvalue weighted by atomic mass is 10.2. The summed E-state index contributed by atoms with van der Waals surface area (Å²) in [6.07, 6.45) is 2.00. The van der Waals surface area contributed by atoms with Gasteiger partial charge in [-0.2, -0.15) is 0 Å². The Labute approximate surface area is 145 Å². The summed E-state index contributed by atoms with van der Waals surface area (Å²) in [5.74, 6) is 1.41. The lowest BCUT2D eigenvalue weighted by Gasteiger charge is -2.15. The van der Waals surface area contributed by atoms with Crippen LogP contribution in [0.5, 0.6) is 17.2 Å². The topological polar surface area (TPSA) is 68.8 Å². The molecule has 2 amide bonds. The number of hydrogen-bond acceptors (Lipinski definition) is 5. The highest BCUT2D eigenvalue weighted by molar-refractivity contribution is 7.98. The Bertz CT molecular complexity index is 679. The molecule has 0 radical (unpaired) electrons. The molecule has 128 valence electrons. The van der Waals surface area contributed by atoms with Crippen molar-refractivity contribution in [3.63, 3.8) is 0 Å². The number of amides is 2. The summed E-state index contributed by atoms with van der Waals surface area (Å²) in [5, 5.41) is 5.52. The van der Waals surface area contributed by atoms with Crippen LogP contribution in [0.25, 0.3) is 0 Å². The molecule has 2 N–H and O–H groups in total. The molecule has 2 aromatic rings. The van der Waals surface area contributed by atoms with Crippen LogP contribution in [0, 0.1) is 0 Å². The van der Waals surface area contributed by atoms with E-state index in [1.807, 2.05) is 30.5 Å². The van der Waals surface area contributed by atoms with Gasteiger partial charge in [0.2, 0.25) is 5.75 Å². The minimum atomic E-state index is -0.360. The number of rotatable bonds is 6. The lowest BCUT2D eigenvalue weighted by molar-refractivity contribution is 0.262. The van der Waals surface area contributed by atoms with Gasteiger partial charge in [-0.15, -0.1) is 11.8 Å². The molecule has 7 heteroatoms. The molecule has 0 spiro atoms. The molecule has 0 aliphatic heterocycles. The average Bonchev–Trinajstić information content (AvgIpc) is 2.61. The third kappa shape index (κ3) is 4.26. The van der Waals surface area contributed by atoms with E-state index in [-0.39, 0.29) is 6.03 Å². The van der Waals surface area contributed by atoms with Crippen LogP contribution in [-0.4, -0.2) is 33.6 Å². The summed E-state index contributed by atoms with van der Waals surface area (Å²) in [7, 11) is 4.57. The zero-order chi connectivity index (χ0) is 17.5. The number of anilines is 2. The van der Waals surface area contributed by atoms with Crippen LogP contribution in [0.1, 0.15) is 0 Å². The van der Waals surface area contributed by atoms with E-state index in [0.717, 1.165) is 4.90 Å². The normalized spacial score (nSPS) is 10.0. The maximum atomic E-state index is 12.1. The highest BCUT2D eigenvalue weighted by Gasteiger charge is 2.14. The van der Waals surface area contributed by atoms with Crippen molar-refractivity contribution in [2.24, 2.45) is 0 Å². The van der Waals surface area contributed by atoms with Crippen molar-refractivity contribution in [2.75, 3.05) is 38.2 Å². The smallest absolute Gasteiger partial charge is 0.323 e. The Kier molecular flexibility index (Phi) is 6.20. The van der Waals surface area contributed by atoms with E-state index in [4.69, 9.17) is 14.2 Å². The quantitative estimate of drug-likeness (QED) is 0.770. The molecular weight excluding hydrogens is 328 g/mol. The third-order valence-corrected chi connectivity index (χ3v) is 4.01. The van der Waals surface area contributed by atoms with Gasteiger partial charge >= 0.3 is 6.03 Å². The number of nitrogens with one attached hydrogen (secondary N) is 2. The van der Waals surface area contributed by atoms with Gasteiger partial charge < -0.3 is 24.8 Å². The first-order valence-corrected chi connectivity index (χ1v) is 8.35. The Morgan fingerprint density at radius 1 is 0.875 bits per heavy atom. The van der Waals surface area contributed by atoms with Crippen molar-refractivity contribution < 1.29 is 19.0 Å². The van der Waals surface area contributed by atoms with Gasteiger partial charge in [0, 0.05) is 22.7 Å². The fourth-order valence-corrected chi connectivity index (χ4v) is 2.53. The first kappa shape index (κ1) is 17.8. The van der Waals surface area contributed by atoms with Crippen molar-refractivity contribution >= 4 is 29.2 Å². The maximum absolute atomic E-state index is 12.1. The van der Waals surface area contributed by atoms with Gasteiger partial charge in [0.05, 0.1) is 27.0 Å². The van der Waals surface area contributed by atoms with E-state index in [0.29, 0.717) is 28.6 Å². The number of methoxy groups -OCH3 is 3. The monoisotopic (exact) mass is 348 g/mol. The standard InChI is InChI=1S/C17H20N2O4S/c1-21-14-9-12(10-15(22-2)16(14)23-3)19-17(20)18-11-5-7-13(24-4)8-6-11/h5-10H,1-4H3,(H2,18,19,20). The summed E-state index contributed by atoms with van der Waals surface area (Å²) in [6, 6.07) is 10.6. The van der Waals surface area contributed by atoms with Crippen molar-refractivity contribution in [3.05, 3.63) is 36.4 Å². The molecule has 0 saturated heterocycles. The first-order valence-electron chi connectivity index (χ1n) is 7.13. The van der Waals surface area contributed by atoms with Crippen LogP contribution in [0.3, 0.4) is 0 Å². The Balaban J connectivity index is 2.12. The molecule has 0 fully saturated rings. The van der Waals surface area contributed by atoms with Crippen molar-refractivity contribution in [3.8, 4) is 17.2 Å². The molecule has 0 aliphatic carbocycles. The van der Waals surface area contributed by atoms with Crippen LogP contribution in [0.4, 0.5) is 16.2 Å². The average molecular weight is 348 g/mol. The molecule has 0 unspecified atom stereocenters. The Morgan fingerprint density at radius 2 is 1.42 bits per heavy atom. The van der Waals surface area contributed by atoms with Gasteiger partial charge in [0.1, 0.15) is 0 Å². The second-order valence-corrected chi connectivity index (χ2v) is 5.60. The second kappa shape index (κ2) is 8.35. The maximum Gasteiger partial charge on any atom is 0.323 e. The highest BCUT2D eigenvalue weighted by atomic mass is 32.2. The van der Waals surface area contributed by atoms with Crippen LogP contribution in [0.15, 0.2) is 41.3 Å². The molecule has 0 atom stereocenters. The van der Waals surface area contributed by atoms with Gasteiger partial charge in [-0.25, -0.2) is 4.79 Å². The van der Waals surface area contributed by atoms with Crippen LogP contribution >= 0.6 is 11.8 Å². The molecule has 6 nitrogen and oxygen atoms in total. The molecule has 2 aromatic carbocycles. The minimum absolute atomic E-state index is 0.360. The van der Waals surface area contributed by atoms with Crippen molar-refractivity contribution in [1.29, 1.82) is 0 Å². The minimum Gasteiger partial charge on any atom is -0.493 e. The van der Waals surface area contributed by atoms with Crippen LogP contribution in [0.2, 0.25) is 0 Å². The summed E-state index contributed by atoms with van der Waals surface area (Å²) >= 11 is 1.64. The van der Waals surface area contributed by atoms with Gasteiger partial charge in [-0.3, -0.25) is 0 Å². The summed E-state index contributed by atoms with van der Waals surface area (Å²) in [6.45, 7) is 0. The Morgan fingerprint density at radius 3 is 1.88 bits per heavy atom. The van der Waals surface area contributed by atoms with Crippen LogP contribution in [-0.2, 0) is 0 Å². The van der Waals surface area contributed by atoms with Gasteiger partial charge in [0.15, 0.2) is 11.5 Å². The van der Waals surface area contributed by atoms with Gasteiger partial charge in [0.25, 0.3) is 0 Å². The third-order valence-electron chi connectivity index (χ3n) is 3.27. The number of urea groups is 1. The molecule has 0 bridgehead atoms. The van der Waals surface area contributed by atoms with E-state index >= 15 is 0 Å². The van der Waals surface area contributed by atoms with E-state index < -0.39 is 0 Å². The number of thioether (sulfide) groups is 1. The first-order chi connectivity index (χ1) is 11.6. The van der Waals surface area contributed by atoms with E-state index in [9.17, 15) is 4.79 Å². The van der Waals surface area contributed by atoms with Crippen molar-refractivity contribution in [1.82, 2.24) is 0 Å². The predicted octanol–water partition coefficient (Wildman–Crippen LogP) is 4.08.